The summed E-state index contributed by atoms with van der Waals surface area (Å²) in [5, 5.41) is 2.71. The van der Waals surface area contributed by atoms with E-state index in [2.05, 4.69) is 5.32 Å². The summed E-state index contributed by atoms with van der Waals surface area (Å²) in [5.41, 5.74) is 7.11. The van der Waals surface area contributed by atoms with Crippen molar-refractivity contribution in [3.8, 4) is 0 Å². The van der Waals surface area contributed by atoms with Crippen LogP contribution in [0, 0.1) is 0 Å². The predicted octanol–water partition coefficient (Wildman–Crippen LogP) is -0.611. The summed E-state index contributed by atoms with van der Waals surface area (Å²) in [5.74, 6) is -0.898. The molecule has 4 N–H and O–H groups in total. The molecule has 1 saturated heterocycles. The molecule has 0 saturated carbocycles. The highest BCUT2D eigenvalue weighted by atomic mass is 32.2. The Labute approximate surface area is 135 Å². The molecule has 1 aliphatic heterocycles. The van der Waals surface area contributed by atoms with E-state index in [-0.39, 0.29) is 19.0 Å². The van der Waals surface area contributed by atoms with Crippen molar-refractivity contribution in [1.29, 1.82) is 0 Å². The third-order valence-corrected chi connectivity index (χ3v) is 4.89. The highest BCUT2D eigenvalue weighted by molar-refractivity contribution is 7.88. The fourth-order valence-corrected chi connectivity index (χ4v) is 3.38. The Bertz CT molecular complexity index is 704. The molecule has 2 rings (SSSR count). The molecule has 1 fully saturated rings. The molecular weight excluding hydrogens is 320 g/mol. The lowest BCUT2D eigenvalue weighted by Crippen LogP contribution is -2.36. The van der Waals surface area contributed by atoms with Gasteiger partial charge in [-0.25, -0.2) is 4.72 Å². The lowest BCUT2D eigenvalue weighted by molar-refractivity contribution is -0.122. The third kappa shape index (κ3) is 4.06. The van der Waals surface area contributed by atoms with E-state index in [0.29, 0.717) is 17.7 Å². The molecule has 1 heterocycles. The highest BCUT2D eigenvalue weighted by Crippen LogP contribution is 2.20. The number of nitrogens with one attached hydrogen (secondary N) is 2. The zero-order valence-electron chi connectivity index (χ0n) is 12.8. The van der Waals surface area contributed by atoms with Gasteiger partial charge >= 0.3 is 10.2 Å². The van der Waals surface area contributed by atoms with Crippen molar-refractivity contribution in [2.75, 3.05) is 13.1 Å². The van der Waals surface area contributed by atoms with Gasteiger partial charge in [0.05, 0.1) is 6.54 Å². The van der Waals surface area contributed by atoms with Crippen LogP contribution in [-0.4, -0.2) is 37.6 Å². The van der Waals surface area contributed by atoms with Crippen LogP contribution in [0.4, 0.5) is 0 Å². The Hall–Kier alpha value is -1.97. The van der Waals surface area contributed by atoms with Gasteiger partial charge in [-0.2, -0.15) is 12.7 Å². The number of benzene rings is 1. The molecule has 1 atom stereocenters. The van der Waals surface area contributed by atoms with Crippen molar-refractivity contribution in [2.45, 2.75) is 25.9 Å². The van der Waals surface area contributed by atoms with Crippen molar-refractivity contribution in [3.63, 3.8) is 0 Å². The van der Waals surface area contributed by atoms with E-state index in [4.69, 9.17) is 5.73 Å². The number of nitrogens with two attached hydrogens (primary N) is 1. The average Bonchev–Trinajstić information content (AvgIpc) is 2.76. The lowest BCUT2D eigenvalue weighted by Gasteiger charge is -2.19. The number of amides is 2. The average molecular weight is 340 g/mol. The van der Waals surface area contributed by atoms with E-state index in [1.165, 1.54) is 0 Å². The maximum atomic E-state index is 12.0. The van der Waals surface area contributed by atoms with Crippen LogP contribution < -0.4 is 15.8 Å². The van der Waals surface area contributed by atoms with Gasteiger partial charge in [-0.1, -0.05) is 31.2 Å². The van der Waals surface area contributed by atoms with E-state index in [9.17, 15) is 18.0 Å². The minimum atomic E-state index is -3.82. The highest BCUT2D eigenvalue weighted by Gasteiger charge is 2.34. The van der Waals surface area contributed by atoms with Crippen molar-refractivity contribution in [1.82, 2.24) is 14.3 Å². The van der Waals surface area contributed by atoms with Crippen molar-refractivity contribution < 1.29 is 18.0 Å². The maximum Gasteiger partial charge on any atom is 0.304 e. The minimum Gasteiger partial charge on any atom is -0.354 e. The summed E-state index contributed by atoms with van der Waals surface area (Å²) in [4.78, 5) is 23.3. The largest absolute Gasteiger partial charge is 0.354 e. The Balaban J connectivity index is 2.21. The van der Waals surface area contributed by atoms with Gasteiger partial charge in [0.1, 0.15) is 6.04 Å². The van der Waals surface area contributed by atoms with E-state index in [1.807, 2.05) is 11.6 Å². The lowest BCUT2D eigenvalue weighted by atomic mass is 10.00. The molecule has 126 valence electrons. The van der Waals surface area contributed by atoms with Gasteiger partial charge in [0, 0.05) is 13.1 Å². The van der Waals surface area contributed by atoms with Crippen LogP contribution >= 0.6 is 0 Å². The normalized spacial score (nSPS) is 18.4. The monoisotopic (exact) mass is 340 g/mol. The molecule has 1 aromatic rings. The Morgan fingerprint density at radius 2 is 2.13 bits per heavy atom. The fourth-order valence-electron chi connectivity index (χ4n) is 2.30. The van der Waals surface area contributed by atoms with Gasteiger partial charge in [0.15, 0.2) is 0 Å². The van der Waals surface area contributed by atoms with Gasteiger partial charge in [-0.3, -0.25) is 9.59 Å². The Morgan fingerprint density at radius 1 is 1.43 bits per heavy atom. The number of carbonyl (C=O) groups is 2. The second-order valence-electron chi connectivity index (χ2n) is 5.27. The first-order valence-electron chi connectivity index (χ1n) is 7.27. The van der Waals surface area contributed by atoms with Gasteiger partial charge in [0.25, 0.3) is 0 Å². The van der Waals surface area contributed by atoms with Crippen molar-refractivity contribution in [2.24, 2.45) is 5.73 Å². The molecule has 9 heteroatoms. The first-order chi connectivity index (χ1) is 10.8. The zero-order chi connectivity index (χ0) is 17.0. The maximum absolute atomic E-state index is 12.0. The molecular formula is C14H20N4O4S. The molecule has 1 aliphatic rings. The number of carbonyl (C=O) groups excluding carboxylic acids is 2. The molecule has 0 bridgehead atoms. The number of hydrogen-bond donors (Lipinski definition) is 3. The number of rotatable bonds is 6. The standard InChI is InChI=1S/C14H20N4O4S/c1-2-7-16-14(20)13(15)11-6-4-3-5-10(11)8-18-9-12(19)17-23(18,21)22/h3-6,13H,2,7-9,15H2,1H3,(H,16,20)(H,17,19). The molecule has 1 aromatic carbocycles. The number of nitrogens with zero attached hydrogens (tertiary/aromatic N) is 1. The summed E-state index contributed by atoms with van der Waals surface area (Å²) in [6, 6.07) is 5.94. The summed E-state index contributed by atoms with van der Waals surface area (Å²) >= 11 is 0. The molecule has 0 aromatic heterocycles. The first-order valence-corrected chi connectivity index (χ1v) is 8.71. The Morgan fingerprint density at radius 3 is 2.74 bits per heavy atom. The minimum absolute atomic E-state index is 0.0218. The Kier molecular flexibility index (Phi) is 5.34. The third-order valence-electron chi connectivity index (χ3n) is 3.47. The first kappa shape index (κ1) is 17.4. The molecule has 8 nitrogen and oxygen atoms in total. The van der Waals surface area contributed by atoms with Crippen LogP contribution in [0.15, 0.2) is 24.3 Å². The van der Waals surface area contributed by atoms with E-state index < -0.39 is 22.2 Å². The zero-order valence-corrected chi connectivity index (χ0v) is 13.6. The smallest absolute Gasteiger partial charge is 0.304 e. The van der Waals surface area contributed by atoms with E-state index in [0.717, 1.165) is 10.7 Å². The molecule has 2 amide bonds. The van der Waals surface area contributed by atoms with Gasteiger partial charge in [-0.15, -0.1) is 0 Å². The van der Waals surface area contributed by atoms with Crippen LogP contribution in [-0.2, 0) is 26.3 Å². The van der Waals surface area contributed by atoms with E-state index >= 15 is 0 Å². The number of hydrogen-bond acceptors (Lipinski definition) is 5. The summed E-state index contributed by atoms with van der Waals surface area (Å²) < 4.78 is 26.6. The summed E-state index contributed by atoms with van der Waals surface area (Å²) in [7, 11) is -3.82. The van der Waals surface area contributed by atoms with Crippen LogP contribution in [0.5, 0.6) is 0 Å². The SMILES string of the molecule is CCCNC(=O)C(N)c1ccccc1CN1CC(=O)NS1(=O)=O. The summed E-state index contributed by atoms with van der Waals surface area (Å²) in [6.45, 7) is 2.19. The predicted molar refractivity (Wildman–Crippen MR) is 84.1 cm³/mol. The van der Waals surface area contributed by atoms with Gasteiger partial charge in [-0.05, 0) is 17.5 Å². The van der Waals surface area contributed by atoms with Gasteiger partial charge in [0.2, 0.25) is 11.8 Å². The molecule has 1 unspecified atom stereocenters. The van der Waals surface area contributed by atoms with Crippen LogP contribution in [0.1, 0.15) is 30.5 Å². The van der Waals surface area contributed by atoms with Crippen LogP contribution in [0.25, 0.3) is 0 Å². The van der Waals surface area contributed by atoms with Crippen molar-refractivity contribution in [3.05, 3.63) is 35.4 Å². The summed E-state index contributed by atoms with van der Waals surface area (Å²) in [6.07, 6.45) is 0.792. The van der Waals surface area contributed by atoms with Crippen molar-refractivity contribution >= 4 is 22.0 Å². The van der Waals surface area contributed by atoms with Crippen LogP contribution in [0.3, 0.4) is 0 Å². The quantitative estimate of drug-likeness (QED) is 0.638. The van der Waals surface area contributed by atoms with Crippen LogP contribution in [0.2, 0.25) is 0 Å². The molecule has 0 aliphatic carbocycles. The van der Waals surface area contributed by atoms with Gasteiger partial charge < -0.3 is 11.1 Å². The fraction of sp³-hybridized carbons (Fsp3) is 0.429. The second-order valence-corrected chi connectivity index (χ2v) is 6.94. The molecule has 0 radical (unpaired) electrons. The topological polar surface area (TPSA) is 122 Å². The second kappa shape index (κ2) is 7.07. The molecule has 0 spiro atoms. The molecule has 23 heavy (non-hydrogen) atoms. The van der Waals surface area contributed by atoms with E-state index in [1.54, 1.807) is 24.3 Å².